The highest BCUT2D eigenvalue weighted by Crippen LogP contribution is 2.32. The number of carbonyl (C=O) groups is 2. The van der Waals surface area contributed by atoms with Gasteiger partial charge >= 0.3 is 0 Å². The summed E-state index contributed by atoms with van der Waals surface area (Å²) in [6.07, 6.45) is 2.98. The standard InChI is InChI=1S/C38H42ClN5O4S/c1-49(47,48)44(22-20-28-9-3-2-4-10-28)35-14-8-7-13-34(35)42-23-25-43(26-24-42)38(46)33(27-29-15-17-31(39)18-16-29)41-37(45)36-32-12-6-5-11-30(32)19-21-40-36/h2-18,33,36,40H,19-27H2,1H3,(H,41,45)/t33-,36?/m1/s1. The van der Waals surface area contributed by atoms with Crippen LogP contribution in [0.15, 0.2) is 103 Å². The van der Waals surface area contributed by atoms with E-state index in [1.807, 2.05) is 91.0 Å². The summed E-state index contributed by atoms with van der Waals surface area (Å²) >= 11 is 6.14. The molecule has 1 saturated heterocycles. The molecule has 1 fully saturated rings. The zero-order valence-electron chi connectivity index (χ0n) is 27.6. The molecule has 2 N–H and O–H groups in total. The first-order chi connectivity index (χ1) is 23.7. The highest BCUT2D eigenvalue weighted by atomic mass is 35.5. The summed E-state index contributed by atoms with van der Waals surface area (Å²) in [6, 6.07) is 31.3. The van der Waals surface area contributed by atoms with Crippen molar-refractivity contribution in [2.45, 2.75) is 31.3 Å². The lowest BCUT2D eigenvalue weighted by atomic mass is 9.93. The average Bonchev–Trinajstić information content (AvgIpc) is 3.12. The van der Waals surface area contributed by atoms with E-state index in [9.17, 15) is 18.0 Å². The zero-order valence-corrected chi connectivity index (χ0v) is 29.2. The summed E-state index contributed by atoms with van der Waals surface area (Å²) in [7, 11) is -3.57. The Bertz CT molecular complexity index is 1860. The predicted molar refractivity (Wildman–Crippen MR) is 196 cm³/mol. The number of fused-ring (bicyclic) bond motifs is 1. The van der Waals surface area contributed by atoms with E-state index in [1.165, 1.54) is 10.6 Å². The maximum atomic E-state index is 14.2. The molecule has 2 amide bonds. The summed E-state index contributed by atoms with van der Waals surface area (Å²) in [5.74, 6) is -0.385. The Morgan fingerprint density at radius 3 is 2.29 bits per heavy atom. The van der Waals surface area contributed by atoms with Gasteiger partial charge in [0.25, 0.3) is 0 Å². The van der Waals surface area contributed by atoms with Gasteiger partial charge in [-0.2, -0.15) is 0 Å². The summed E-state index contributed by atoms with van der Waals surface area (Å²) in [5, 5.41) is 7.02. The monoisotopic (exact) mass is 699 g/mol. The van der Waals surface area contributed by atoms with Crippen LogP contribution >= 0.6 is 11.6 Å². The van der Waals surface area contributed by atoms with E-state index < -0.39 is 22.1 Å². The lowest BCUT2D eigenvalue weighted by molar-refractivity contribution is -0.137. The minimum absolute atomic E-state index is 0.152. The molecule has 4 aromatic rings. The van der Waals surface area contributed by atoms with Crippen molar-refractivity contribution in [1.82, 2.24) is 15.5 Å². The van der Waals surface area contributed by atoms with E-state index in [0.717, 1.165) is 34.4 Å². The molecule has 4 aromatic carbocycles. The van der Waals surface area contributed by atoms with Crippen LogP contribution < -0.4 is 19.8 Å². The number of para-hydroxylation sites is 2. The largest absolute Gasteiger partial charge is 0.366 e. The van der Waals surface area contributed by atoms with Crippen LogP contribution in [0, 0.1) is 0 Å². The molecule has 49 heavy (non-hydrogen) atoms. The molecule has 11 heteroatoms. The third kappa shape index (κ3) is 8.44. The number of halogens is 1. The Balaban J connectivity index is 1.17. The Hall–Kier alpha value is -4.38. The zero-order chi connectivity index (χ0) is 34.4. The van der Waals surface area contributed by atoms with Crippen molar-refractivity contribution in [2.24, 2.45) is 0 Å². The van der Waals surface area contributed by atoms with Crippen molar-refractivity contribution >= 4 is 44.8 Å². The molecule has 0 saturated carbocycles. The van der Waals surface area contributed by atoms with Crippen molar-refractivity contribution in [3.63, 3.8) is 0 Å². The van der Waals surface area contributed by atoms with E-state index in [-0.39, 0.29) is 11.8 Å². The maximum Gasteiger partial charge on any atom is 0.245 e. The molecule has 2 heterocycles. The molecule has 9 nitrogen and oxygen atoms in total. The van der Waals surface area contributed by atoms with Crippen molar-refractivity contribution in [3.8, 4) is 0 Å². The number of benzene rings is 4. The van der Waals surface area contributed by atoms with Gasteiger partial charge in [-0.25, -0.2) is 8.42 Å². The smallest absolute Gasteiger partial charge is 0.245 e. The molecule has 2 atom stereocenters. The van der Waals surface area contributed by atoms with Crippen molar-refractivity contribution in [2.75, 3.05) is 54.7 Å². The van der Waals surface area contributed by atoms with Gasteiger partial charge in [0.1, 0.15) is 12.1 Å². The van der Waals surface area contributed by atoms with Crippen LogP contribution in [-0.4, -0.2) is 76.7 Å². The third-order valence-corrected chi connectivity index (χ3v) is 10.7. The molecule has 2 aliphatic rings. The molecular formula is C38H42ClN5O4S. The van der Waals surface area contributed by atoms with Gasteiger partial charge in [-0.1, -0.05) is 90.5 Å². The predicted octanol–water partition coefficient (Wildman–Crippen LogP) is 4.61. The van der Waals surface area contributed by atoms with E-state index in [2.05, 4.69) is 15.5 Å². The van der Waals surface area contributed by atoms with Crippen LogP contribution in [0.25, 0.3) is 0 Å². The molecule has 2 aliphatic heterocycles. The number of piperazine rings is 1. The van der Waals surface area contributed by atoms with Gasteiger partial charge in [0.15, 0.2) is 0 Å². The molecule has 6 rings (SSSR count). The quantitative estimate of drug-likeness (QED) is 0.237. The first-order valence-corrected chi connectivity index (χ1v) is 18.9. The second kappa shape index (κ2) is 15.4. The van der Waals surface area contributed by atoms with Crippen molar-refractivity contribution in [3.05, 3.63) is 130 Å². The first-order valence-electron chi connectivity index (χ1n) is 16.7. The minimum atomic E-state index is -3.57. The Kier molecular flexibility index (Phi) is 10.9. The number of sulfonamides is 1. The summed E-state index contributed by atoms with van der Waals surface area (Å²) in [6.45, 7) is 2.86. The topological polar surface area (TPSA) is 102 Å². The SMILES string of the molecule is CS(=O)(=O)N(CCc1ccccc1)c1ccccc1N1CCN(C(=O)[C@@H](Cc2ccc(Cl)cc2)NC(=O)C2NCCc3ccccc32)CC1. The van der Waals surface area contributed by atoms with Gasteiger partial charge in [0.05, 0.1) is 17.6 Å². The van der Waals surface area contributed by atoms with E-state index in [4.69, 9.17) is 11.6 Å². The number of carbonyl (C=O) groups excluding carboxylic acids is 2. The van der Waals surface area contributed by atoms with Crippen LogP contribution in [0.1, 0.15) is 28.3 Å². The number of anilines is 2. The van der Waals surface area contributed by atoms with E-state index >= 15 is 0 Å². The van der Waals surface area contributed by atoms with E-state index in [1.54, 1.807) is 17.0 Å². The van der Waals surface area contributed by atoms with Crippen LogP contribution in [-0.2, 0) is 38.9 Å². The number of nitrogens with one attached hydrogen (secondary N) is 2. The van der Waals surface area contributed by atoms with Crippen LogP contribution in [0.5, 0.6) is 0 Å². The summed E-state index contributed by atoms with van der Waals surface area (Å²) < 4.78 is 27.6. The number of nitrogens with zero attached hydrogens (tertiary/aromatic N) is 3. The van der Waals surface area contributed by atoms with Crippen molar-refractivity contribution < 1.29 is 18.0 Å². The van der Waals surface area contributed by atoms with Crippen molar-refractivity contribution in [1.29, 1.82) is 0 Å². The molecule has 256 valence electrons. The fourth-order valence-electron chi connectivity index (χ4n) is 6.72. The molecular weight excluding hydrogens is 658 g/mol. The molecule has 0 radical (unpaired) electrons. The Morgan fingerprint density at radius 2 is 1.55 bits per heavy atom. The van der Waals surface area contributed by atoms with Gasteiger partial charge in [-0.15, -0.1) is 0 Å². The first kappa shape index (κ1) is 34.5. The highest BCUT2D eigenvalue weighted by molar-refractivity contribution is 7.92. The van der Waals surface area contributed by atoms with E-state index in [0.29, 0.717) is 62.8 Å². The van der Waals surface area contributed by atoms with Gasteiger partial charge in [0.2, 0.25) is 21.8 Å². The number of hydrogen-bond donors (Lipinski definition) is 2. The highest BCUT2D eigenvalue weighted by Gasteiger charge is 2.33. The second-order valence-corrected chi connectivity index (χ2v) is 14.9. The van der Waals surface area contributed by atoms with Gasteiger partial charge in [-0.05, 0) is 59.4 Å². The fourth-order valence-corrected chi connectivity index (χ4v) is 7.78. The molecule has 0 aromatic heterocycles. The Labute approximate surface area is 293 Å². The van der Waals surface area contributed by atoms with Crippen LogP contribution in [0.3, 0.4) is 0 Å². The molecule has 0 bridgehead atoms. The third-order valence-electron chi connectivity index (χ3n) is 9.27. The summed E-state index contributed by atoms with van der Waals surface area (Å²) in [5.41, 5.74) is 5.44. The Morgan fingerprint density at radius 1 is 0.878 bits per heavy atom. The van der Waals surface area contributed by atoms with Gasteiger partial charge < -0.3 is 20.4 Å². The number of amides is 2. The van der Waals surface area contributed by atoms with Crippen LogP contribution in [0.2, 0.25) is 5.02 Å². The summed E-state index contributed by atoms with van der Waals surface area (Å²) in [4.78, 5) is 31.8. The number of hydrogen-bond acceptors (Lipinski definition) is 6. The lowest BCUT2D eigenvalue weighted by Crippen LogP contribution is -2.57. The molecule has 0 aliphatic carbocycles. The molecule has 1 unspecified atom stereocenters. The second-order valence-electron chi connectivity index (χ2n) is 12.6. The fraction of sp³-hybridized carbons (Fsp3) is 0.316. The average molecular weight is 700 g/mol. The molecule has 0 spiro atoms. The minimum Gasteiger partial charge on any atom is -0.366 e. The number of rotatable bonds is 11. The lowest BCUT2D eigenvalue weighted by Gasteiger charge is -2.39. The van der Waals surface area contributed by atoms with Crippen LogP contribution in [0.4, 0.5) is 11.4 Å². The normalized spacial score (nSPS) is 16.8. The van der Waals surface area contributed by atoms with Gasteiger partial charge in [-0.3, -0.25) is 13.9 Å². The maximum absolute atomic E-state index is 14.2. The van der Waals surface area contributed by atoms with Gasteiger partial charge in [0, 0.05) is 50.7 Å².